The third kappa shape index (κ3) is 3.13. The first-order chi connectivity index (χ1) is 11.6. The largest absolute Gasteiger partial charge is 0.287 e. The molecular weight excluding hydrogens is 347 g/mol. The van der Waals surface area contributed by atoms with Crippen molar-refractivity contribution in [3.63, 3.8) is 0 Å². The zero-order valence-electron chi connectivity index (χ0n) is 12.4. The van der Waals surface area contributed by atoms with Gasteiger partial charge < -0.3 is 0 Å². The van der Waals surface area contributed by atoms with Crippen LogP contribution in [0.3, 0.4) is 0 Å². The van der Waals surface area contributed by atoms with E-state index in [1.807, 2.05) is 12.1 Å². The number of ketones is 1. The van der Waals surface area contributed by atoms with Gasteiger partial charge in [-0.2, -0.15) is 0 Å². The van der Waals surface area contributed by atoms with E-state index in [2.05, 4.69) is 22.2 Å². The summed E-state index contributed by atoms with van der Waals surface area (Å²) in [5.41, 5.74) is 0.943. The molecule has 0 saturated carbocycles. The summed E-state index contributed by atoms with van der Waals surface area (Å²) >= 11 is 7.01. The van der Waals surface area contributed by atoms with Crippen molar-refractivity contribution >= 4 is 28.9 Å². The van der Waals surface area contributed by atoms with Crippen LogP contribution >= 0.6 is 23.1 Å². The number of rotatable bonds is 5. The summed E-state index contributed by atoms with van der Waals surface area (Å²) in [7, 11) is 0. The van der Waals surface area contributed by atoms with Gasteiger partial charge in [0, 0.05) is 10.9 Å². The molecule has 119 valence electrons. The van der Waals surface area contributed by atoms with Gasteiger partial charge in [0.05, 0.1) is 10.4 Å². The van der Waals surface area contributed by atoms with Crippen molar-refractivity contribution < 1.29 is 9.18 Å². The van der Waals surface area contributed by atoms with Crippen molar-refractivity contribution in [3.8, 4) is 0 Å². The van der Waals surface area contributed by atoms with Crippen LogP contribution in [0.1, 0.15) is 32.4 Å². The molecule has 0 saturated heterocycles. The highest BCUT2D eigenvalue weighted by Gasteiger charge is 2.25. The van der Waals surface area contributed by atoms with Crippen molar-refractivity contribution in [3.05, 3.63) is 93.7 Å². The number of hydrogen-bond donors (Lipinski definition) is 0. The fourth-order valence-corrected chi connectivity index (χ4v) is 3.24. The predicted octanol–water partition coefficient (Wildman–Crippen LogP) is 4.68. The molecule has 1 heterocycles. The minimum Gasteiger partial charge on any atom is -0.287 e. The summed E-state index contributed by atoms with van der Waals surface area (Å²) in [6.07, 6.45) is 1.70. The van der Waals surface area contributed by atoms with Gasteiger partial charge in [0.15, 0.2) is 5.69 Å². The molecule has 0 spiro atoms. The van der Waals surface area contributed by atoms with Gasteiger partial charge >= 0.3 is 0 Å². The summed E-state index contributed by atoms with van der Waals surface area (Å²) in [6.45, 7) is 3.83. The molecule has 1 radical (unpaired) electrons. The topological polar surface area (TPSA) is 42.9 Å². The van der Waals surface area contributed by atoms with Crippen molar-refractivity contribution in [2.24, 2.45) is 0 Å². The fraction of sp³-hybridized carbons (Fsp3) is 0.0556. The number of halogens is 2. The van der Waals surface area contributed by atoms with Crippen LogP contribution in [-0.2, 0) is 0 Å². The van der Waals surface area contributed by atoms with Gasteiger partial charge in [-0.05, 0) is 47.4 Å². The third-order valence-electron chi connectivity index (χ3n) is 3.53. The summed E-state index contributed by atoms with van der Waals surface area (Å²) in [6, 6.07) is 13.8. The molecule has 0 aliphatic heterocycles. The van der Waals surface area contributed by atoms with Gasteiger partial charge in [-0.1, -0.05) is 40.4 Å². The molecular formula is C18H11ClFN2OS. The Hall–Kier alpha value is -2.37. The first-order valence-corrected chi connectivity index (χ1v) is 8.17. The third-order valence-corrected chi connectivity index (χ3v) is 4.59. The lowest BCUT2D eigenvalue weighted by molar-refractivity contribution is 0.102. The van der Waals surface area contributed by atoms with Gasteiger partial charge in [-0.25, -0.2) is 4.39 Å². The second kappa shape index (κ2) is 7.03. The predicted molar refractivity (Wildman–Crippen MR) is 92.1 cm³/mol. The standard InChI is InChI=1S/C18H11ClFN2OS/c1-2-13(11-7-9-12(19)10-8-11)18-16(21-22-24-18)17(23)14-5-3-4-6-15(14)20/h2,4-10,13H,1H2. The van der Waals surface area contributed by atoms with E-state index in [1.54, 1.807) is 18.2 Å². The number of carbonyl (C=O) groups is 1. The molecule has 0 amide bonds. The number of carbonyl (C=O) groups excluding carboxylic acids is 1. The Morgan fingerprint density at radius 3 is 2.75 bits per heavy atom. The molecule has 0 aliphatic rings. The number of hydrogen-bond acceptors (Lipinski definition) is 4. The molecule has 24 heavy (non-hydrogen) atoms. The first kappa shape index (κ1) is 16.5. The molecule has 0 fully saturated rings. The van der Waals surface area contributed by atoms with E-state index in [0.29, 0.717) is 9.90 Å². The van der Waals surface area contributed by atoms with Gasteiger partial charge in [-0.15, -0.1) is 11.7 Å². The highest BCUT2D eigenvalue weighted by Crippen LogP contribution is 2.32. The Bertz CT molecular complexity index is 892. The number of benzene rings is 2. The molecule has 3 nitrogen and oxygen atoms in total. The van der Waals surface area contributed by atoms with Crippen LogP contribution in [0.4, 0.5) is 4.39 Å². The maximum Gasteiger partial charge on any atom is 0.217 e. The van der Waals surface area contributed by atoms with E-state index in [-0.39, 0.29) is 17.2 Å². The summed E-state index contributed by atoms with van der Waals surface area (Å²) in [5, 5.41) is 4.52. The highest BCUT2D eigenvalue weighted by molar-refractivity contribution is 7.06. The molecule has 1 unspecified atom stereocenters. The first-order valence-electron chi connectivity index (χ1n) is 7.02. The Morgan fingerprint density at radius 2 is 2.08 bits per heavy atom. The van der Waals surface area contributed by atoms with Crippen molar-refractivity contribution in [2.45, 2.75) is 5.92 Å². The second-order valence-corrected chi connectivity index (χ2v) is 6.21. The fourth-order valence-electron chi connectivity index (χ4n) is 2.34. The highest BCUT2D eigenvalue weighted by atomic mass is 35.5. The summed E-state index contributed by atoms with van der Waals surface area (Å²) < 4.78 is 17.8. The molecule has 1 atom stereocenters. The lowest BCUT2D eigenvalue weighted by Gasteiger charge is -2.12. The van der Waals surface area contributed by atoms with E-state index in [1.165, 1.54) is 18.2 Å². The number of allylic oxidation sites excluding steroid dienone is 1. The van der Waals surface area contributed by atoms with Crippen molar-refractivity contribution in [2.75, 3.05) is 0 Å². The smallest absolute Gasteiger partial charge is 0.217 e. The number of aromatic nitrogens is 2. The Balaban J connectivity index is 2.03. The summed E-state index contributed by atoms with van der Waals surface area (Å²) in [4.78, 5) is 13.3. The minimum absolute atomic E-state index is 0.0784. The average molecular weight is 358 g/mol. The van der Waals surface area contributed by atoms with Crippen LogP contribution in [0.25, 0.3) is 0 Å². The zero-order chi connectivity index (χ0) is 17.1. The Kier molecular flexibility index (Phi) is 4.83. The van der Waals surface area contributed by atoms with Gasteiger partial charge in [0.25, 0.3) is 0 Å². The molecule has 2 aromatic carbocycles. The van der Waals surface area contributed by atoms with Crippen LogP contribution in [0.2, 0.25) is 5.02 Å². The zero-order valence-corrected chi connectivity index (χ0v) is 13.9. The van der Waals surface area contributed by atoms with Crippen molar-refractivity contribution in [1.29, 1.82) is 0 Å². The van der Waals surface area contributed by atoms with Gasteiger partial charge in [0.2, 0.25) is 5.78 Å². The molecule has 3 rings (SSSR count). The van der Waals surface area contributed by atoms with Crippen LogP contribution in [-0.4, -0.2) is 15.4 Å². The molecule has 0 aliphatic carbocycles. The van der Waals surface area contributed by atoms with Crippen LogP contribution in [0.15, 0.2) is 55.1 Å². The van der Waals surface area contributed by atoms with Gasteiger partial charge in [0.1, 0.15) is 5.82 Å². The van der Waals surface area contributed by atoms with Crippen LogP contribution < -0.4 is 0 Å². The quantitative estimate of drug-likeness (QED) is 0.492. The van der Waals surface area contributed by atoms with E-state index in [0.717, 1.165) is 17.1 Å². The average Bonchev–Trinajstić information content (AvgIpc) is 3.06. The maximum atomic E-state index is 13.9. The molecule has 0 N–H and O–H groups in total. The summed E-state index contributed by atoms with van der Waals surface area (Å²) in [5.74, 6) is -1.41. The van der Waals surface area contributed by atoms with Gasteiger partial charge in [-0.3, -0.25) is 4.79 Å². The van der Waals surface area contributed by atoms with E-state index >= 15 is 0 Å². The van der Waals surface area contributed by atoms with E-state index in [9.17, 15) is 9.18 Å². The Morgan fingerprint density at radius 1 is 1.33 bits per heavy atom. The SMILES string of the molecule is C=CC(c1ccc(Cl)cc1)c1snnc1C(=O)c1c[c]ccc1F. The number of nitrogens with zero attached hydrogens (tertiary/aromatic N) is 2. The lowest BCUT2D eigenvalue weighted by atomic mass is 9.94. The molecule has 6 heteroatoms. The van der Waals surface area contributed by atoms with E-state index in [4.69, 9.17) is 11.6 Å². The molecule has 1 aromatic heterocycles. The maximum absolute atomic E-state index is 13.9. The Labute approximate surface area is 147 Å². The molecule has 0 bridgehead atoms. The minimum atomic E-state index is -0.612. The molecule has 3 aromatic rings. The van der Waals surface area contributed by atoms with Crippen LogP contribution in [0.5, 0.6) is 0 Å². The second-order valence-electron chi connectivity index (χ2n) is 4.99. The lowest BCUT2D eigenvalue weighted by Crippen LogP contribution is -2.09. The van der Waals surface area contributed by atoms with Crippen LogP contribution in [0, 0.1) is 11.9 Å². The van der Waals surface area contributed by atoms with E-state index < -0.39 is 11.6 Å². The normalized spacial score (nSPS) is 11.9. The monoisotopic (exact) mass is 357 g/mol. The van der Waals surface area contributed by atoms with Crippen molar-refractivity contribution in [1.82, 2.24) is 9.59 Å².